The van der Waals surface area contributed by atoms with Gasteiger partial charge in [0.1, 0.15) is 17.2 Å². The van der Waals surface area contributed by atoms with Crippen molar-refractivity contribution >= 4 is 74.1 Å². The van der Waals surface area contributed by atoms with Crippen LogP contribution in [-0.2, 0) is 23.9 Å². The van der Waals surface area contributed by atoms with Crippen LogP contribution in [0.25, 0.3) is 0 Å². The van der Waals surface area contributed by atoms with Crippen LogP contribution < -0.4 is 19.3 Å². The maximum Gasteiger partial charge on any atom is 0.254 e. The number of alkyl halides is 3. The summed E-state index contributed by atoms with van der Waals surface area (Å²) in [6.45, 7) is 2.73. The fraction of sp³-hybridized carbons (Fsp3) is 0.455. The van der Waals surface area contributed by atoms with Gasteiger partial charge in [-0.25, -0.2) is 0 Å². The third-order valence-electron chi connectivity index (χ3n) is 10.3. The van der Waals surface area contributed by atoms with Crippen molar-refractivity contribution in [3.8, 4) is 17.2 Å². The minimum atomic E-state index is -2.09. The molecular weight excluding hydrogens is 717 g/mol. The number of carbonyl (C=O) groups excluding carboxylic acids is 4. The quantitative estimate of drug-likeness (QED) is 0.201. The molecule has 3 heterocycles. The van der Waals surface area contributed by atoms with Crippen molar-refractivity contribution in [2.24, 2.45) is 17.8 Å². The number of halogens is 3. The van der Waals surface area contributed by atoms with Crippen molar-refractivity contribution in [2.45, 2.75) is 28.5 Å². The molecule has 4 amide bonds. The molecule has 0 spiro atoms. The van der Waals surface area contributed by atoms with Gasteiger partial charge in [-0.15, -0.1) is 23.2 Å². The Kier molecular flexibility index (Phi) is 8.01. The highest BCUT2D eigenvalue weighted by Crippen LogP contribution is 2.67. The van der Waals surface area contributed by atoms with Crippen molar-refractivity contribution in [1.82, 2.24) is 4.90 Å². The molecule has 0 bridgehead atoms. The van der Waals surface area contributed by atoms with E-state index in [-0.39, 0.29) is 47.0 Å². The van der Waals surface area contributed by atoms with Gasteiger partial charge in [-0.1, -0.05) is 27.6 Å². The lowest BCUT2D eigenvalue weighted by atomic mass is 9.56. The summed E-state index contributed by atoms with van der Waals surface area (Å²) < 4.78 is 16.4. The van der Waals surface area contributed by atoms with E-state index in [9.17, 15) is 24.3 Å². The standard InChI is InChI=1S/C33H32BrCl2N3O8/c1-45-19-13-23(40)26(24(14-19)46-2)27-20-7-8-21-25(22(20)15-32(35)30(43)38(16-34)31(44)33(27,32)36)29(42)39(28(21)41)18-5-3-17(4-6-18)37-9-11-47-12-10-37/h3-7,13-14,21-22,25,27,40H,8-12,15-16H2,1-2H3. The number of carbonyl (C=O) groups is 4. The van der Waals surface area contributed by atoms with Crippen molar-refractivity contribution in [3.05, 3.63) is 53.6 Å². The van der Waals surface area contributed by atoms with Crippen LogP contribution in [0.3, 0.4) is 0 Å². The molecule has 6 unspecified atom stereocenters. The van der Waals surface area contributed by atoms with E-state index in [4.69, 9.17) is 37.4 Å². The summed E-state index contributed by atoms with van der Waals surface area (Å²) >= 11 is 17.8. The van der Waals surface area contributed by atoms with Gasteiger partial charge < -0.3 is 24.2 Å². The molecule has 5 aliphatic rings. The number of anilines is 2. The van der Waals surface area contributed by atoms with Crippen LogP contribution >= 0.6 is 39.1 Å². The van der Waals surface area contributed by atoms with Crippen molar-refractivity contribution in [2.75, 3.05) is 55.8 Å². The van der Waals surface area contributed by atoms with Gasteiger partial charge in [-0.2, -0.15) is 0 Å². The second-order valence-electron chi connectivity index (χ2n) is 12.4. The number of likely N-dealkylation sites (tertiary alicyclic amines) is 1. The molecule has 1 N–H and O–H groups in total. The number of imide groups is 2. The van der Waals surface area contributed by atoms with Gasteiger partial charge in [-0.05, 0) is 43.0 Å². The van der Waals surface area contributed by atoms with Crippen LogP contribution in [0.1, 0.15) is 24.3 Å². The summed E-state index contributed by atoms with van der Waals surface area (Å²) in [5.41, 5.74) is 1.92. The summed E-state index contributed by atoms with van der Waals surface area (Å²) in [4.78, 5) is 56.6. The SMILES string of the molecule is COc1cc(O)c(C2C3=CCC4C(=O)N(c5ccc(N6CCOCC6)cc5)C(=O)C4C3CC3(Cl)C(=O)N(CBr)C(=O)C23Cl)c(OC)c1. The zero-order valence-electron chi connectivity index (χ0n) is 25.6. The lowest BCUT2D eigenvalue weighted by molar-refractivity contribution is -0.138. The Labute approximate surface area is 289 Å². The lowest BCUT2D eigenvalue weighted by Gasteiger charge is -2.51. The highest BCUT2D eigenvalue weighted by atomic mass is 79.9. The minimum absolute atomic E-state index is 0.132. The molecule has 0 aromatic heterocycles. The monoisotopic (exact) mass is 747 g/mol. The first-order valence-corrected chi connectivity index (χ1v) is 17.1. The zero-order chi connectivity index (χ0) is 33.4. The molecule has 2 aromatic carbocycles. The van der Waals surface area contributed by atoms with E-state index < -0.39 is 51.1 Å². The number of allylic oxidation sites excluding steroid dienone is 2. The number of phenols is 1. The van der Waals surface area contributed by atoms with Crippen molar-refractivity contribution in [3.63, 3.8) is 0 Å². The van der Waals surface area contributed by atoms with Gasteiger partial charge >= 0.3 is 0 Å². The molecule has 1 saturated carbocycles. The number of ether oxygens (including phenoxy) is 3. The van der Waals surface area contributed by atoms with Crippen LogP contribution in [0.5, 0.6) is 17.2 Å². The van der Waals surface area contributed by atoms with Gasteiger partial charge in [0.15, 0.2) is 9.75 Å². The second kappa shape index (κ2) is 11.7. The van der Waals surface area contributed by atoms with Crippen LogP contribution in [-0.4, -0.2) is 89.4 Å². The normalized spacial score (nSPS) is 31.9. The number of rotatable bonds is 6. The number of hydrogen-bond acceptors (Lipinski definition) is 9. The van der Waals surface area contributed by atoms with E-state index in [1.807, 2.05) is 18.2 Å². The predicted octanol–water partition coefficient (Wildman–Crippen LogP) is 4.16. The number of amides is 4. The van der Waals surface area contributed by atoms with Gasteiger partial charge in [0.25, 0.3) is 11.8 Å². The summed E-state index contributed by atoms with van der Waals surface area (Å²) in [5.74, 6) is -5.62. The molecule has 3 saturated heterocycles. The number of fused-ring (bicyclic) bond motifs is 4. The van der Waals surface area contributed by atoms with Crippen LogP contribution in [0.15, 0.2) is 48.0 Å². The van der Waals surface area contributed by atoms with Gasteiger partial charge in [0.2, 0.25) is 11.8 Å². The number of benzene rings is 2. The molecular formula is C33H32BrCl2N3O8. The molecule has 248 valence electrons. The van der Waals surface area contributed by atoms with Gasteiger partial charge in [-0.3, -0.25) is 29.0 Å². The van der Waals surface area contributed by atoms with Crippen LogP contribution in [0, 0.1) is 17.8 Å². The van der Waals surface area contributed by atoms with Crippen LogP contribution in [0.2, 0.25) is 0 Å². The maximum atomic E-state index is 14.4. The highest BCUT2D eigenvalue weighted by molar-refractivity contribution is 9.09. The van der Waals surface area contributed by atoms with E-state index in [2.05, 4.69) is 20.8 Å². The molecule has 3 aliphatic heterocycles. The third-order valence-corrected chi connectivity index (χ3v) is 12.3. The molecule has 14 heteroatoms. The van der Waals surface area contributed by atoms with E-state index >= 15 is 0 Å². The Bertz CT molecular complexity index is 1720. The maximum absolute atomic E-state index is 14.4. The molecule has 4 fully saturated rings. The van der Waals surface area contributed by atoms with Crippen molar-refractivity contribution < 1.29 is 38.5 Å². The number of hydrogen-bond donors (Lipinski definition) is 1. The first-order chi connectivity index (χ1) is 22.5. The highest BCUT2D eigenvalue weighted by Gasteiger charge is 2.76. The summed E-state index contributed by atoms with van der Waals surface area (Å²) in [6.07, 6.45) is 1.83. The Morgan fingerprint density at radius 1 is 0.957 bits per heavy atom. The van der Waals surface area contributed by atoms with Crippen LogP contribution in [0.4, 0.5) is 11.4 Å². The van der Waals surface area contributed by atoms with E-state index in [0.29, 0.717) is 24.5 Å². The number of methoxy groups -OCH3 is 2. The fourth-order valence-corrected chi connectivity index (χ4v) is 9.53. The summed E-state index contributed by atoms with van der Waals surface area (Å²) in [5, 5.41) is 11.4. The topological polar surface area (TPSA) is 126 Å². The average molecular weight is 749 g/mol. The molecule has 6 atom stereocenters. The summed E-state index contributed by atoms with van der Waals surface area (Å²) in [6, 6.07) is 10.2. The Balaban J connectivity index is 1.33. The van der Waals surface area contributed by atoms with Crippen molar-refractivity contribution in [1.29, 1.82) is 0 Å². The lowest BCUT2D eigenvalue weighted by Crippen LogP contribution is -2.60. The molecule has 11 nitrogen and oxygen atoms in total. The van der Waals surface area contributed by atoms with E-state index in [1.165, 1.54) is 31.3 Å². The third kappa shape index (κ3) is 4.47. The number of nitrogens with zero attached hydrogens (tertiary/aromatic N) is 3. The Morgan fingerprint density at radius 3 is 2.28 bits per heavy atom. The number of morpholine rings is 1. The second-order valence-corrected chi connectivity index (χ2v) is 14.1. The Hall–Kier alpha value is -3.32. The summed E-state index contributed by atoms with van der Waals surface area (Å²) in [7, 11) is 2.82. The van der Waals surface area contributed by atoms with E-state index in [0.717, 1.165) is 23.7 Å². The first-order valence-electron chi connectivity index (χ1n) is 15.3. The van der Waals surface area contributed by atoms with Gasteiger partial charge in [0.05, 0.1) is 50.4 Å². The molecule has 7 rings (SSSR count). The largest absolute Gasteiger partial charge is 0.507 e. The average Bonchev–Trinajstić information content (AvgIpc) is 3.42. The predicted molar refractivity (Wildman–Crippen MR) is 177 cm³/mol. The molecule has 47 heavy (non-hydrogen) atoms. The number of aromatic hydroxyl groups is 1. The molecule has 2 aliphatic carbocycles. The molecule has 2 aromatic rings. The number of phenolic OH excluding ortho intramolecular Hbond substituents is 1. The Morgan fingerprint density at radius 2 is 1.64 bits per heavy atom. The fourth-order valence-electron chi connectivity index (χ4n) is 8.12. The first kappa shape index (κ1) is 32.2. The molecule has 0 radical (unpaired) electrons. The smallest absolute Gasteiger partial charge is 0.254 e. The minimum Gasteiger partial charge on any atom is -0.507 e. The zero-order valence-corrected chi connectivity index (χ0v) is 28.7. The van der Waals surface area contributed by atoms with E-state index in [1.54, 1.807) is 12.1 Å². The van der Waals surface area contributed by atoms with Gasteiger partial charge in [0, 0.05) is 42.4 Å².